The van der Waals surface area contributed by atoms with E-state index < -0.39 is 5.60 Å². The number of ether oxygens (including phenoxy) is 2. The number of nitrogen functional groups attached to an aromatic ring is 2. The van der Waals surface area contributed by atoms with Crippen molar-refractivity contribution in [2.45, 2.75) is 32.4 Å². The van der Waals surface area contributed by atoms with E-state index in [0.717, 1.165) is 5.69 Å². The summed E-state index contributed by atoms with van der Waals surface area (Å²) in [4.78, 5) is 15.9. The molecule has 1 aliphatic rings. The number of likely N-dealkylation sites (tertiary alicyclic amines) is 1. The third-order valence-corrected chi connectivity index (χ3v) is 4.60. The van der Waals surface area contributed by atoms with E-state index >= 15 is 0 Å². The molecule has 1 fully saturated rings. The van der Waals surface area contributed by atoms with Gasteiger partial charge in [0, 0.05) is 31.9 Å². The molecule has 3 rings (SSSR count). The number of carbonyl (C=O) groups is 1. The third-order valence-electron chi connectivity index (χ3n) is 4.60. The fourth-order valence-corrected chi connectivity index (χ4v) is 2.89. The number of anilines is 3. The van der Waals surface area contributed by atoms with E-state index in [2.05, 4.69) is 4.90 Å². The third kappa shape index (κ3) is 4.60. The maximum atomic E-state index is 12.1. The van der Waals surface area contributed by atoms with Crippen LogP contribution in [0.4, 0.5) is 21.9 Å². The van der Waals surface area contributed by atoms with Crippen molar-refractivity contribution in [3.63, 3.8) is 0 Å². The number of amides is 1. The summed E-state index contributed by atoms with van der Waals surface area (Å²) in [6, 6.07) is 13.3. The number of rotatable bonds is 4. The van der Waals surface area contributed by atoms with Gasteiger partial charge in [0.1, 0.15) is 17.1 Å². The minimum atomic E-state index is -0.473. The van der Waals surface area contributed by atoms with Gasteiger partial charge in [-0.2, -0.15) is 0 Å². The topological polar surface area (TPSA) is 94.0 Å². The van der Waals surface area contributed by atoms with E-state index in [1.54, 1.807) is 23.1 Å². The van der Waals surface area contributed by atoms with Crippen LogP contribution in [-0.4, -0.2) is 42.8 Å². The molecule has 150 valence electrons. The van der Waals surface area contributed by atoms with E-state index in [1.165, 1.54) is 0 Å². The molecule has 0 unspecified atom stereocenters. The number of nitrogens with two attached hydrogens (primary N) is 2. The molecule has 0 aliphatic carbocycles. The summed E-state index contributed by atoms with van der Waals surface area (Å²) < 4.78 is 11.2. The molecule has 1 heterocycles. The summed E-state index contributed by atoms with van der Waals surface area (Å²) in [6.45, 7) is 6.91. The molecule has 2 aromatic carbocycles. The predicted octanol–water partition coefficient (Wildman–Crippen LogP) is 3.70. The van der Waals surface area contributed by atoms with Gasteiger partial charge < -0.3 is 30.7 Å². The normalized spacial score (nSPS) is 14.4. The molecule has 0 atom stereocenters. The standard InChI is InChI=1S/C21H28N4O3/c1-21(2,3)28-20(26)25-12-15(13-25)24(4)14-5-7-16(8-6-14)27-17-9-10-18(22)19(23)11-17/h5-11,15H,12-13,22-23H2,1-4H3. The van der Waals surface area contributed by atoms with Crippen LogP contribution >= 0.6 is 0 Å². The predicted molar refractivity (Wildman–Crippen MR) is 112 cm³/mol. The van der Waals surface area contributed by atoms with Crippen LogP contribution in [0, 0.1) is 0 Å². The lowest BCUT2D eigenvalue weighted by molar-refractivity contribution is 0.00852. The first kappa shape index (κ1) is 19.7. The molecule has 2 aromatic rings. The monoisotopic (exact) mass is 384 g/mol. The van der Waals surface area contributed by atoms with Gasteiger partial charge in [0.05, 0.1) is 17.4 Å². The van der Waals surface area contributed by atoms with Crippen molar-refractivity contribution in [1.82, 2.24) is 4.90 Å². The molecule has 7 heteroatoms. The molecule has 7 nitrogen and oxygen atoms in total. The molecule has 1 aliphatic heterocycles. The molecular formula is C21H28N4O3. The SMILES string of the molecule is CN(c1ccc(Oc2ccc(N)c(N)c2)cc1)C1CN(C(=O)OC(C)(C)C)C1. The van der Waals surface area contributed by atoms with Crippen molar-refractivity contribution in [2.24, 2.45) is 0 Å². The quantitative estimate of drug-likeness (QED) is 0.781. The van der Waals surface area contributed by atoms with Gasteiger partial charge in [-0.05, 0) is 57.2 Å². The van der Waals surface area contributed by atoms with Crippen LogP contribution in [0.3, 0.4) is 0 Å². The zero-order chi connectivity index (χ0) is 20.5. The number of likely N-dealkylation sites (N-methyl/N-ethyl adjacent to an activating group) is 1. The van der Waals surface area contributed by atoms with Crippen LogP contribution < -0.4 is 21.1 Å². The number of hydrogen-bond acceptors (Lipinski definition) is 6. The lowest BCUT2D eigenvalue weighted by Gasteiger charge is -2.44. The minimum Gasteiger partial charge on any atom is -0.457 e. The van der Waals surface area contributed by atoms with Crippen molar-refractivity contribution in [2.75, 3.05) is 36.5 Å². The summed E-state index contributed by atoms with van der Waals surface area (Å²) in [5, 5.41) is 0. The highest BCUT2D eigenvalue weighted by molar-refractivity contribution is 5.70. The molecule has 0 spiro atoms. The molecule has 1 saturated heterocycles. The molecule has 0 aromatic heterocycles. The van der Waals surface area contributed by atoms with Crippen molar-refractivity contribution < 1.29 is 14.3 Å². The van der Waals surface area contributed by atoms with Crippen LogP contribution in [0.5, 0.6) is 11.5 Å². The Hall–Kier alpha value is -3.09. The highest BCUT2D eigenvalue weighted by Gasteiger charge is 2.36. The summed E-state index contributed by atoms with van der Waals surface area (Å²) in [7, 11) is 2.02. The maximum Gasteiger partial charge on any atom is 0.410 e. The number of hydrogen-bond donors (Lipinski definition) is 2. The number of nitrogens with zero attached hydrogens (tertiary/aromatic N) is 2. The van der Waals surface area contributed by atoms with Crippen LogP contribution in [0.2, 0.25) is 0 Å². The van der Waals surface area contributed by atoms with Gasteiger partial charge >= 0.3 is 6.09 Å². The largest absolute Gasteiger partial charge is 0.457 e. The van der Waals surface area contributed by atoms with E-state index in [-0.39, 0.29) is 12.1 Å². The fraction of sp³-hybridized carbons (Fsp3) is 0.381. The van der Waals surface area contributed by atoms with E-state index in [4.69, 9.17) is 20.9 Å². The number of benzene rings is 2. The van der Waals surface area contributed by atoms with E-state index in [1.807, 2.05) is 52.1 Å². The van der Waals surface area contributed by atoms with Crippen molar-refractivity contribution in [3.05, 3.63) is 42.5 Å². The Morgan fingerprint density at radius 2 is 1.64 bits per heavy atom. The Morgan fingerprint density at radius 1 is 1.04 bits per heavy atom. The minimum absolute atomic E-state index is 0.260. The van der Waals surface area contributed by atoms with E-state index in [9.17, 15) is 4.79 Å². The molecule has 0 saturated carbocycles. The van der Waals surface area contributed by atoms with Gasteiger partial charge in [-0.25, -0.2) is 4.79 Å². The van der Waals surface area contributed by atoms with Gasteiger partial charge in [-0.3, -0.25) is 0 Å². The second kappa shape index (κ2) is 7.50. The van der Waals surface area contributed by atoms with Crippen molar-refractivity contribution in [1.29, 1.82) is 0 Å². The van der Waals surface area contributed by atoms with Crippen molar-refractivity contribution >= 4 is 23.2 Å². The molecule has 0 bridgehead atoms. The Morgan fingerprint density at radius 3 is 2.21 bits per heavy atom. The Bertz CT molecular complexity index is 840. The Balaban J connectivity index is 1.55. The smallest absolute Gasteiger partial charge is 0.410 e. The molecule has 28 heavy (non-hydrogen) atoms. The van der Waals surface area contributed by atoms with Crippen molar-refractivity contribution in [3.8, 4) is 11.5 Å². The highest BCUT2D eigenvalue weighted by atomic mass is 16.6. The molecule has 1 amide bonds. The summed E-state index contributed by atoms with van der Waals surface area (Å²) in [5.74, 6) is 1.35. The first-order chi connectivity index (χ1) is 13.1. The summed E-state index contributed by atoms with van der Waals surface area (Å²) >= 11 is 0. The van der Waals surface area contributed by atoms with Gasteiger partial charge in [0.25, 0.3) is 0 Å². The maximum absolute atomic E-state index is 12.1. The lowest BCUT2D eigenvalue weighted by atomic mass is 10.1. The summed E-state index contributed by atoms with van der Waals surface area (Å²) in [5.41, 5.74) is 13.1. The molecular weight excluding hydrogens is 356 g/mol. The fourth-order valence-electron chi connectivity index (χ4n) is 2.89. The second-order valence-corrected chi connectivity index (χ2v) is 8.04. The van der Waals surface area contributed by atoms with Crippen LogP contribution in [0.25, 0.3) is 0 Å². The zero-order valence-corrected chi connectivity index (χ0v) is 16.8. The van der Waals surface area contributed by atoms with Gasteiger partial charge in [-0.1, -0.05) is 0 Å². The average Bonchev–Trinajstić information content (AvgIpc) is 2.56. The zero-order valence-electron chi connectivity index (χ0n) is 16.8. The van der Waals surface area contributed by atoms with Crippen LogP contribution in [0.1, 0.15) is 20.8 Å². The van der Waals surface area contributed by atoms with Gasteiger partial charge in [0.2, 0.25) is 0 Å². The first-order valence-corrected chi connectivity index (χ1v) is 9.26. The molecule has 0 radical (unpaired) electrons. The Labute approximate surface area is 165 Å². The second-order valence-electron chi connectivity index (χ2n) is 8.04. The van der Waals surface area contributed by atoms with E-state index in [0.29, 0.717) is 36.0 Å². The Kier molecular flexibility index (Phi) is 5.27. The van der Waals surface area contributed by atoms with Crippen LogP contribution in [-0.2, 0) is 4.74 Å². The van der Waals surface area contributed by atoms with Gasteiger partial charge in [0.15, 0.2) is 0 Å². The first-order valence-electron chi connectivity index (χ1n) is 9.26. The lowest BCUT2D eigenvalue weighted by Crippen LogP contribution is -2.61. The summed E-state index contributed by atoms with van der Waals surface area (Å²) in [6.07, 6.45) is -0.260. The van der Waals surface area contributed by atoms with Gasteiger partial charge in [-0.15, -0.1) is 0 Å². The van der Waals surface area contributed by atoms with Crippen LogP contribution in [0.15, 0.2) is 42.5 Å². The number of carbonyl (C=O) groups excluding carboxylic acids is 1. The highest BCUT2D eigenvalue weighted by Crippen LogP contribution is 2.29. The molecule has 4 N–H and O–H groups in total. The average molecular weight is 384 g/mol.